The molecular formula is C30H46O9. The van der Waals surface area contributed by atoms with E-state index < -0.39 is 59.4 Å². The molecule has 0 bridgehead atoms. The van der Waals surface area contributed by atoms with Crippen molar-refractivity contribution in [3.05, 3.63) is 35.5 Å². The van der Waals surface area contributed by atoms with Gasteiger partial charge in [0.25, 0.3) is 0 Å². The second-order valence-corrected chi connectivity index (χ2v) is 11.5. The maximum Gasteiger partial charge on any atom is 0.333 e. The number of carbonyl (C=O) groups excluding carboxylic acids is 3. The zero-order valence-electron chi connectivity index (χ0n) is 25.0. The van der Waals surface area contributed by atoms with Gasteiger partial charge in [0.15, 0.2) is 6.10 Å². The Morgan fingerprint density at radius 1 is 1.08 bits per heavy atom. The summed E-state index contributed by atoms with van der Waals surface area (Å²) >= 11 is 0. The van der Waals surface area contributed by atoms with Crippen molar-refractivity contribution >= 4 is 17.9 Å². The van der Waals surface area contributed by atoms with Gasteiger partial charge < -0.3 is 28.8 Å². The summed E-state index contributed by atoms with van der Waals surface area (Å²) in [6.07, 6.45) is -0.575. The van der Waals surface area contributed by atoms with Crippen LogP contribution in [0, 0.1) is 5.92 Å². The van der Waals surface area contributed by atoms with Crippen molar-refractivity contribution in [3.63, 3.8) is 0 Å². The highest BCUT2D eigenvalue weighted by Crippen LogP contribution is 2.53. The Kier molecular flexibility index (Phi) is 10.7. The van der Waals surface area contributed by atoms with E-state index in [0.29, 0.717) is 23.1 Å². The van der Waals surface area contributed by atoms with Gasteiger partial charge in [-0.1, -0.05) is 18.7 Å². The fourth-order valence-corrected chi connectivity index (χ4v) is 4.94. The van der Waals surface area contributed by atoms with Gasteiger partial charge in [-0.05, 0) is 74.3 Å². The Balaban J connectivity index is 2.46. The Morgan fingerprint density at radius 2 is 1.64 bits per heavy atom. The molecule has 1 heterocycles. The monoisotopic (exact) mass is 550 g/mol. The predicted octanol–water partition coefficient (Wildman–Crippen LogP) is 4.36. The molecule has 1 saturated heterocycles. The van der Waals surface area contributed by atoms with Crippen LogP contribution in [0.3, 0.4) is 0 Å². The van der Waals surface area contributed by atoms with E-state index in [1.54, 1.807) is 53.7 Å². The molecular weight excluding hydrogens is 504 g/mol. The fraction of sp³-hybridized carbons (Fsp3) is 0.700. The van der Waals surface area contributed by atoms with Gasteiger partial charge in [-0.3, -0.25) is 4.79 Å². The molecule has 0 unspecified atom stereocenters. The van der Waals surface area contributed by atoms with Crippen molar-refractivity contribution in [2.45, 2.75) is 130 Å². The third-order valence-electron chi connectivity index (χ3n) is 7.67. The number of carbonyl (C=O) groups is 3. The van der Waals surface area contributed by atoms with Crippen molar-refractivity contribution in [3.8, 4) is 0 Å². The van der Waals surface area contributed by atoms with Gasteiger partial charge in [0.05, 0.1) is 23.9 Å². The molecule has 7 atom stereocenters. The Bertz CT molecular complexity index is 1010. The van der Waals surface area contributed by atoms with Crippen molar-refractivity contribution in [1.82, 2.24) is 0 Å². The Labute approximate surface area is 232 Å². The lowest BCUT2D eigenvalue weighted by molar-refractivity contribution is -0.176. The highest BCUT2D eigenvalue weighted by atomic mass is 16.7. The van der Waals surface area contributed by atoms with Crippen LogP contribution < -0.4 is 0 Å². The summed E-state index contributed by atoms with van der Waals surface area (Å²) in [5.41, 5.74) is -0.550. The van der Waals surface area contributed by atoms with Crippen molar-refractivity contribution in [2.24, 2.45) is 5.92 Å². The van der Waals surface area contributed by atoms with Crippen LogP contribution in [0.2, 0.25) is 0 Å². The second-order valence-electron chi connectivity index (χ2n) is 11.5. The number of ether oxygens (including phenoxy) is 5. The second kappa shape index (κ2) is 12.8. The third kappa shape index (κ3) is 7.80. The quantitative estimate of drug-likeness (QED) is 0.124. The van der Waals surface area contributed by atoms with Gasteiger partial charge in [0, 0.05) is 30.4 Å². The smallest absolute Gasteiger partial charge is 0.333 e. The van der Waals surface area contributed by atoms with Crippen molar-refractivity contribution < 1.29 is 43.2 Å². The first-order valence-corrected chi connectivity index (χ1v) is 13.6. The molecule has 0 aromatic carbocycles. The van der Waals surface area contributed by atoms with E-state index in [2.05, 4.69) is 6.58 Å². The van der Waals surface area contributed by atoms with Gasteiger partial charge in [-0.2, -0.15) is 0 Å². The summed E-state index contributed by atoms with van der Waals surface area (Å²) in [6.45, 7) is 21.4. The molecule has 1 saturated carbocycles. The summed E-state index contributed by atoms with van der Waals surface area (Å²) in [6, 6.07) is 0. The minimum Gasteiger partial charge on any atom is -0.458 e. The number of allylic oxidation sites excluding steroid dienone is 2. The molecule has 0 spiro atoms. The van der Waals surface area contributed by atoms with Gasteiger partial charge in [-0.25, -0.2) is 9.59 Å². The Hall–Kier alpha value is -2.49. The van der Waals surface area contributed by atoms with Crippen LogP contribution in [0.5, 0.6) is 0 Å². The molecule has 0 radical (unpaired) electrons. The zero-order valence-corrected chi connectivity index (χ0v) is 25.0. The summed E-state index contributed by atoms with van der Waals surface area (Å²) in [7, 11) is 0. The third-order valence-corrected chi connectivity index (χ3v) is 7.67. The van der Waals surface area contributed by atoms with Crippen LogP contribution in [0.1, 0.15) is 82.1 Å². The van der Waals surface area contributed by atoms with Crippen LogP contribution in [0.25, 0.3) is 0 Å². The number of hydrogen-bond acceptors (Lipinski definition) is 9. The average molecular weight is 551 g/mol. The first kappa shape index (κ1) is 32.7. The van der Waals surface area contributed by atoms with Gasteiger partial charge in [0.1, 0.15) is 17.8 Å². The lowest BCUT2D eigenvalue weighted by atomic mass is 9.73. The summed E-state index contributed by atoms with van der Waals surface area (Å²) in [5.74, 6) is -2.24. The highest BCUT2D eigenvalue weighted by Gasteiger charge is 2.68. The van der Waals surface area contributed by atoms with Crippen LogP contribution in [-0.4, -0.2) is 70.8 Å². The molecule has 2 rings (SSSR count). The molecule has 39 heavy (non-hydrogen) atoms. The van der Waals surface area contributed by atoms with Crippen LogP contribution in [0.4, 0.5) is 0 Å². The number of hydrogen-bond donors (Lipinski definition) is 1. The largest absolute Gasteiger partial charge is 0.458 e. The molecule has 1 aliphatic heterocycles. The number of epoxide rings is 1. The SMILES string of the molecule is C=C([C@H](C[C@H](O)C(C)(C)OC(C)C)OC(=O)/C(C)=C\C)[C@@H]1C[C@@H]2O[C@]2(C)[C@H](OC(=O)/C(C)=C\C)[C@@H]1OC(C)=O. The molecule has 1 aliphatic carbocycles. The van der Waals surface area contributed by atoms with Crippen LogP contribution in [0.15, 0.2) is 35.5 Å². The minimum absolute atomic E-state index is 0.00446. The normalized spacial score (nSPS) is 28.7. The number of rotatable bonds is 12. The topological polar surface area (TPSA) is 121 Å². The van der Waals surface area contributed by atoms with E-state index in [0.717, 1.165) is 0 Å². The summed E-state index contributed by atoms with van der Waals surface area (Å²) in [5, 5.41) is 11.2. The fourth-order valence-electron chi connectivity index (χ4n) is 4.94. The minimum atomic E-state index is -1.02. The molecule has 2 fully saturated rings. The van der Waals surface area contributed by atoms with Gasteiger partial charge >= 0.3 is 17.9 Å². The van der Waals surface area contributed by atoms with Crippen LogP contribution in [-0.2, 0) is 38.1 Å². The first-order chi connectivity index (χ1) is 18.0. The van der Waals surface area contributed by atoms with E-state index in [9.17, 15) is 19.5 Å². The predicted molar refractivity (Wildman–Crippen MR) is 146 cm³/mol. The molecule has 9 nitrogen and oxygen atoms in total. The van der Waals surface area contributed by atoms with Gasteiger partial charge in [0.2, 0.25) is 0 Å². The number of aliphatic hydroxyl groups is 1. The van der Waals surface area contributed by atoms with Gasteiger partial charge in [-0.15, -0.1) is 0 Å². The molecule has 2 aliphatic rings. The molecule has 1 N–H and O–H groups in total. The molecule has 0 aromatic heterocycles. The molecule has 9 heteroatoms. The highest BCUT2D eigenvalue weighted by molar-refractivity contribution is 5.88. The number of fused-ring (bicyclic) bond motifs is 1. The Morgan fingerprint density at radius 3 is 2.15 bits per heavy atom. The number of aliphatic hydroxyl groups excluding tert-OH is 1. The lowest BCUT2D eigenvalue weighted by Crippen LogP contribution is -2.54. The maximum atomic E-state index is 12.9. The summed E-state index contributed by atoms with van der Waals surface area (Å²) in [4.78, 5) is 37.8. The first-order valence-electron chi connectivity index (χ1n) is 13.6. The van der Waals surface area contributed by atoms with E-state index in [-0.39, 0.29) is 18.6 Å². The van der Waals surface area contributed by atoms with Crippen molar-refractivity contribution in [2.75, 3.05) is 0 Å². The van der Waals surface area contributed by atoms with E-state index >= 15 is 0 Å². The van der Waals surface area contributed by atoms with E-state index in [4.69, 9.17) is 23.7 Å². The van der Waals surface area contributed by atoms with Crippen LogP contribution >= 0.6 is 0 Å². The standard InChI is InChI=1S/C30H46O9/c1-12-17(5)27(33)36-22(15-23(32)29(9,10)38-16(3)4)19(7)21-14-24-30(11,39-24)26(25(21)35-20(8)31)37-28(34)18(6)13-2/h12-13,16,21-26,32H,7,14-15H2,1-6,8-11H3/b17-12-,18-13-/t21-,22-,23-,24-,25+,26+,30-/m0/s1. The maximum absolute atomic E-state index is 12.9. The molecule has 0 amide bonds. The van der Waals surface area contributed by atoms with Crippen molar-refractivity contribution in [1.29, 1.82) is 0 Å². The molecule has 0 aromatic rings. The van der Waals surface area contributed by atoms with E-state index in [1.807, 2.05) is 20.8 Å². The molecule has 220 valence electrons. The average Bonchev–Trinajstić information content (AvgIpc) is 3.52. The summed E-state index contributed by atoms with van der Waals surface area (Å²) < 4.78 is 29.4. The zero-order chi connectivity index (χ0) is 29.9. The lowest BCUT2D eigenvalue weighted by Gasteiger charge is -2.41. The number of esters is 3. The van der Waals surface area contributed by atoms with E-state index in [1.165, 1.54) is 6.92 Å².